The van der Waals surface area contributed by atoms with E-state index < -0.39 is 5.97 Å². The van der Waals surface area contributed by atoms with E-state index in [0.29, 0.717) is 27.3 Å². The molecule has 2 aromatic carbocycles. The summed E-state index contributed by atoms with van der Waals surface area (Å²) in [5.41, 5.74) is 3.09. The van der Waals surface area contributed by atoms with Crippen LogP contribution in [0.3, 0.4) is 0 Å². The van der Waals surface area contributed by atoms with Gasteiger partial charge < -0.3 is 9.52 Å². The van der Waals surface area contributed by atoms with Crippen LogP contribution in [0.25, 0.3) is 24.0 Å². The number of rotatable bonds is 5. The van der Waals surface area contributed by atoms with E-state index in [1.165, 1.54) is 29.0 Å². The van der Waals surface area contributed by atoms with Crippen molar-refractivity contribution in [3.63, 3.8) is 0 Å². The smallest absolute Gasteiger partial charge is 0.335 e. The van der Waals surface area contributed by atoms with Gasteiger partial charge >= 0.3 is 5.97 Å². The largest absolute Gasteiger partial charge is 0.478 e. The highest BCUT2D eigenvalue weighted by atomic mass is 32.1. The van der Waals surface area contributed by atoms with Gasteiger partial charge in [0.2, 0.25) is 0 Å². The Balaban J connectivity index is 1.63. The number of thiazole rings is 1. The zero-order valence-corrected chi connectivity index (χ0v) is 17.1. The average Bonchev–Trinajstić information content (AvgIpc) is 3.30. The van der Waals surface area contributed by atoms with E-state index in [9.17, 15) is 9.59 Å². The molecule has 0 aliphatic heterocycles. The number of carboxylic acid groups (broad SMARTS) is 1. The second-order valence-corrected chi connectivity index (χ2v) is 8.08. The van der Waals surface area contributed by atoms with Gasteiger partial charge in [-0.05, 0) is 36.8 Å². The summed E-state index contributed by atoms with van der Waals surface area (Å²) >= 11 is 1.33. The zero-order chi connectivity index (χ0) is 21.3. The van der Waals surface area contributed by atoms with Gasteiger partial charge in [0.25, 0.3) is 5.56 Å². The maximum absolute atomic E-state index is 12.8. The van der Waals surface area contributed by atoms with E-state index >= 15 is 0 Å². The number of carboxylic acids is 1. The normalized spacial score (nSPS) is 11.7. The van der Waals surface area contributed by atoms with Crippen LogP contribution >= 0.6 is 11.3 Å². The molecule has 0 saturated carbocycles. The first kappa shape index (κ1) is 19.7. The van der Waals surface area contributed by atoms with Crippen molar-refractivity contribution in [2.75, 3.05) is 0 Å². The van der Waals surface area contributed by atoms with Crippen molar-refractivity contribution < 1.29 is 14.3 Å². The molecule has 6 heteroatoms. The minimum atomic E-state index is -0.974. The lowest BCUT2D eigenvalue weighted by molar-refractivity contribution is 0.0697. The minimum Gasteiger partial charge on any atom is -0.478 e. The Hall–Kier alpha value is -3.64. The van der Waals surface area contributed by atoms with E-state index in [0.717, 1.165) is 11.1 Å². The molecule has 0 atom stereocenters. The van der Waals surface area contributed by atoms with Crippen LogP contribution < -0.4 is 14.8 Å². The molecule has 0 radical (unpaired) electrons. The maximum Gasteiger partial charge on any atom is 0.335 e. The van der Waals surface area contributed by atoms with Crippen LogP contribution in [-0.4, -0.2) is 15.6 Å². The van der Waals surface area contributed by atoms with Gasteiger partial charge in [0.15, 0.2) is 0 Å². The summed E-state index contributed by atoms with van der Waals surface area (Å²) in [6.45, 7) is 6.52. The Morgan fingerprint density at radius 3 is 2.47 bits per heavy atom. The van der Waals surface area contributed by atoms with Crippen molar-refractivity contribution in [2.45, 2.75) is 13.5 Å². The first-order valence-corrected chi connectivity index (χ1v) is 10.1. The topological polar surface area (TPSA) is 72.4 Å². The molecule has 1 N–H and O–H groups in total. The number of hydrogen-bond donors (Lipinski definition) is 1. The van der Waals surface area contributed by atoms with Crippen LogP contribution in [0.1, 0.15) is 27.2 Å². The van der Waals surface area contributed by atoms with Gasteiger partial charge in [-0.2, -0.15) is 0 Å². The third-order valence-electron chi connectivity index (χ3n) is 4.76. The molecule has 4 rings (SSSR count). The van der Waals surface area contributed by atoms with Gasteiger partial charge in [-0.15, -0.1) is 11.3 Å². The number of benzene rings is 2. The van der Waals surface area contributed by atoms with E-state index in [4.69, 9.17) is 9.52 Å². The Labute approximate surface area is 176 Å². The van der Waals surface area contributed by atoms with Crippen molar-refractivity contribution >= 4 is 30.0 Å². The Kier molecular flexibility index (Phi) is 5.25. The first-order valence-electron chi connectivity index (χ1n) is 9.30. The molecule has 30 heavy (non-hydrogen) atoms. The van der Waals surface area contributed by atoms with Crippen molar-refractivity contribution in [2.24, 2.45) is 0 Å². The summed E-state index contributed by atoms with van der Waals surface area (Å²) in [5, 5.41) is 9.01. The third kappa shape index (κ3) is 4.04. The fourth-order valence-electron chi connectivity index (χ4n) is 3.09. The molecule has 0 aliphatic rings. The number of furan rings is 1. The minimum absolute atomic E-state index is 0.102. The quantitative estimate of drug-likeness (QED) is 0.540. The van der Waals surface area contributed by atoms with Crippen LogP contribution in [0, 0.1) is 6.92 Å². The molecule has 2 aromatic heterocycles. The van der Waals surface area contributed by atoms with E-state index in [1.54, 1.807) is 34.9 Å². The number of aromatic carboxylic acids is 1. The highest BCUT2D eigenvalue weighted by molar-refractivity contribution is 7.07. The molecular formula is C24H19NO4S. The molecule has 0 bridgehead atoms. The molecule has 5 nitrogen and oxygen atoms in total. The molecular weight excluding hydrogens is 398 g/mol. The summed E-state index contributed by atoms with van der Waals surface area (Å²) in [6.07, 6.45) is 1.71. The van der Waals surface area contributed by atoms with Crippen LogP contribution in [0.15, 0.2) is 69.9 Å². The summed E-state index contributed by atoms with van der Waals surface area (Å²) in [5.74, 6) is 0.177. The molecule has 2 heterocycles. The lowest BCUT2D eigenvalue weighted by Crippen LogP contribution is -2.31. The predicted octanol–water partition coefficient (Wildman–Crippen LogP) is 3.46. The van der Waals surface area contributed by atoms with Crippen molar-refractivity contribution in [3.05, 3.63) is 103 Å². The van der Waals surface area contributed by atoms with Gasteiger partial charge in [-0.1, -0.05) is 48.5 Å². The highest BCUT2D eigenvalue weighted by Crippen LogP contribution is 2.23. The molecule has 0 saturated heterocycles. The number of carbonyl (C=O) groups is 1. The SMILES string of the molecule is C=c1s/c(=C\c2ccc(-c3ccc(C(=O)O)cc3)o2)c(=O)n1Cc1ccc(C)cc1. The predicted molar refractivity (Wildman–Crippen MR) is 118 cm³/mol. The maximum atomic E-state index is 12.8. The number of aromatic nitrogens is 1. The molecule has 150 valence electrons. The van der Waals surface area contributed by atoms with Crippen LogP contribution in [0.5, 0.6) is 0 Å². The summed E-state index contributed by atoms with van der Waals surface area (Å²) < 4.78 is 8.74. The van der Waals surface area contributed by atoms with Gasteiger partial charge in [0.05, 0.1) is 21.3 Å². The fraction of sp³-hybridized carbons (Fsp3) is 0.0833. The first-order chi connectivity index (χ1) is 14.4. The third-order valence-corrected chi connectivity index (χ3v) is 5.73. The van der Waals surface area contributed by atoms with Gasteiger partial charge in [0.1, 0.15) is 11.5 Å². The van der Waals surface area contributed by atoms with Crippen LogP contribution in [0.2, 0.25) is 0 Å². The standard InChI is InChI=1S/C24H19NO4S/c1-15-3-5-17(6-4-15)14-25-16(2)30-22(23(25)26)13-20-11-12-21(29-20)18-7-9-19(10-8-18)24(27)28/h3-13H,2,14H2,1H3,(H,27,28)/b22-13-. The Bertz CT molecular complexity index is 1370. The molecule has 0 aliphatic carbocycles. The summed E-state index contributed by atoms with van der Waals surface area (Å²) in [7, 11) is 0. The zero-order valence-electron chi connectivity index (χ0n) is 16.3. The lowest BCUT2D eigenvalue weighted by atomic mass is 10.1. The molecule has 0 amide bonds. The van der Waals surface area contributed by atoms with Crippen molar-refractivity contribution in [1.29, 1.82) is 0 Å². The van der Waals surface area contributed by atoms with E-state index in [1.807, 2.05) is 31.2 Å². The van der Waals surface area contributed by atoms with Crippen molar-refractivity contribution in [3.8, 4) is 11.3 Å². The number of nitrogens with zero attached hydrogens (tertiary/aromatic N) is 1. The average molecular weight is 417 g/mol. The Morgan fingerprint density at radius 2 is 1.80 bits per heavy atom. The Morgan fingerprint density at radius 1 is 1.10 bits per heavy atom. The molecule has 0 spiro atoms. The molecule has 0 fully saturated rings. The summed E-state index contributed by atoms with van der Waals surface area (Å²) in [6, 6.07) is 18.1. The highest BCUT2D eigenvalue weighted by Gasteiger charge is 2.08. The number of hydrogen-bond acceptors (Lipinski definition) is 4. The van der Waals surface area contributed by atoms with Crippen LogP contribution in [0.4, 0.5) is 0 Å². The summed E-state index contributed by atoms with van der Waals surface area (Å²) in [4.78, 5) is 23.8. The van der Waals surface area contributed by atoms with Gasteiger partial charge in [0, 0.05) is 11.6 Å². The van der Waals surface area contributed by atoms with Gasteiger partial charge in [-0.3, -0.25) is 9.36 Å². The van der Waals surface area contributed by atoms with Gasteiger partial charge in [-0.25, -0.2) is 4.79 Å². The fourth-order valence-corrected chi connectivity index (χ4v) is 3.98. The second-order valence-electron chi connectivity index (χ2n) is 6.97. The van der Waals surface area contributed by atoms with E-state index in [-0.39, 0.29) is 11.1 Å². The molecule has 0 unspecified atom stereocenters. The van der Waals surface area contributed by atoms with Crippen LogP contribution in [-0.2, 0) is 6.54 Å². The lowest BCUT2D eigenvalue weighted by Gasteiger charge is -2.02. The van der Waals surface area contributed by atoms with E-state index in [2.05, 4.69) is 6.58 Å². The number of aryl methyl sites for hydroxylation is 1. The monoisotopic (exact) mass is 417 g/mol. The van der Waals surface area contributed by atoms with Crippen molar-refractivity contribution in [1.82, 2.24) is 4.57 Å². The molecule has 4 aromatic rings. The second kappa shape index (κ2) is 8.00.